The van der Waals surface area contributed by atoms with Crippen LogP contribution in [0.25, 0.3) is 0 Å². The minimum atomic E-state index is -1.04. The highest BCUT2D eigenvalue weighted by molar-refractivity contribution is 5.08. The van der Waals surface area contributed by atoms with Gasteiger partial charge >= 0.3 is 0 Å². The third kappa shape index (κ3) is 1.68. The van der Waals surface area contributed by atoms with E-state index in [1.165, 1.54) is 6.26 Å². The fraction of sp³-hybridized carbons (Fsp3) is 0.600. The molecule has 2 rings (SSSR count). The molecule has 0 saturated carbocycles. The second-order valence-electron chi connectivity index (χ2n) is 3.77. The molecule has 1 saturated heterocycles. The molecule has 78 valence electrons. The molecule has 0 aliphatic carbocycles. The zero-order chi connectivity index (χ0) is 10.0. The quantitative estimate of drug-likeness (QED) is 0.643. The second kappa shape index (κ2) is 3.73. The molecule has 0 spiro atoms. The van der Waals surface area contributed by atoms with Gasteiger partial charge in [-0.15, -0.1) is 0 Å². The molecule has 2 heterocycles. The van der Waals surface area contributed by atoms with Crippen LogP contribution in [0, 0.1) is 0 Å². The summed E-state index contributed by atoms with van der Waals surface area (Å²) in [4.78, 5) is 0. The Balaban J connectivity index is 2.13. The molecular formula is C10H15NO3. The van der Waals surface area contributed by atoms with E-state index in [0.29, 0.717) is 18.6 Å². The largest absolute Gasteiger partial charge is 0.466 e. The van der Waals surface area contributed by atoms with Crippen LogP contribution in [0.4, 0.5) is 0 Å². The summed E-state index contributed by atoms with van der Waals surface area (Å²) in [6, 6.07) is 3.40. The Morgan fingerprint density at radius 1 is 1.43 bits per heavy atom. The first-order chi connectivity index (χ1) is 6.72. The summed E-state index contributed by atoms with van der Waals surface area (Å²) in [6.07, 6.45) is 1.69. The molecule has 1 aliphatic rings. The second-order valence-corrected chi connectivity index (χ2v) is 3.77. The lowest BCUT2D eigenvalue weighted by Crippen LogP contribution is -2.46. The van der Waals surface area contributed by atoms with Crippen LogP contribution in [0.15, 0.2) is 22.8 Å². The number of hydrogen-bond donors (Lipinski definition) is 3. The van der Waals surface area contributed by atoms with Gasteiger partial charge < -0.3 is 19.9 Å². The van der Waals surface area contributed by atoms with Crippen LogP contribution >= 0.6 is 0 Å². The lowest BCUT2D eigenvalue weighted by atomic mass is 9.85. The molecule has 1 atom stereocenters. The van der Waals surface area contributed by atoms with Crippen LogP contribution in [-0.4, -0.2) is 28.9 Å². The van der Waals surface area contributed by atoms with Crippen LogP contribution in [-0.2, 0) is 0 Å². The number of rotatable bonds is 2. The van der Waals surface area contributed by atoms with Gasteiger partial charge in [-0.05, 0) is 38.1 Å². The minimum Gasteiger partial charge on any atom is -0.466 e. The molecule has 14 heavy (non-hydrogen) atoms. The van der Waals surface area contributed by atoms with Crippen molar-refractivity contribution in [2.45, 2.75) is 24.5 Å². The van der Waals surface area contributed by atoms with Crippen LogP contribution in [0.3, 0.4) is 0 Å². The van der Waals surface area contributed by atoms with Crippen molar-refractivity contribution in [1.29, 1.82) is 0 Å². The molecule has 3 N–H and O–H groups in total. The first-order valence-electron chi connectivity index (χ1n) is 4.87. The van der Waals surface area contributed by atoms with E-state index >= 15 is 0 Å². The predicted molar refractivity (Wildman–Crippen MR) is 50.7 cm³/mol. The van der Waals surface area contributed by atoms with Crippen molar-refractivity contribution in [1.82, 2.24) is 5.32 Å². The van der Waals surface area contributed by atoms with E-state index in [2.05, 4.69) is 5.32 Å². The number of nitrogens with one attached hydrogen (secondary N) is 1. The van der Waals surface area contributed by atoms with Crippen molar-refractivity contribution < 1.29 is 14.6 Å². The highest BCUT2D eigenvalue weighted by Gasteiger charge is 2.39. The number of hydrogen-bond acceptors (Lipinski definition) is 4. The summed E-state index contributed by atoms with van der Waals surface area (Å²) in [7, 11) is 0. The summed E-state index contributed by atoms with van der Waals surface area (Å²) in [6.45, 7) is 1.46. The van der Waals surface area contributed by atoms with Crippen molar-refractivity contribution in [2.75, 3.05) is 13.1 Å². The zero-order valence-corrected chi connectivity index (χ0v) is 7.94. The van der Waals surface area contributed by atoms with E-state index in [9.17, 15) is 10.2 Å². The molecule has 0 aromatic carbocycles. The summed E-state index contributed by atoms with van der Waals surface area (Å²) < 4.78 is 5.08. The standard InChI is InChI=1S/C10H15NO3/c12-9(8-2-1-7-14-8)10(13)3-5-11-6-4-10/h1-2,7,9,11-13H,3-6H2. The Labute approximate surface area is 82.5 Å². The number of aliphatic hydroxyl groups is 2. The fourth-order valence-electron chi connectivity index (χ4n) is 1.84. The van der Waals surface area contributed by atoms with Gasteiger partial charge in [0.15, 0.2) is 0 Å². The van der Waals surface area contributed by atoms with Gasteiger partial charge in [0.2, 0.25) is 0 Å². The number of aliphatic hydroxyl groups excluding tert-OH is 1. The molecule has 0 amide bonds. The summed E-state index contributed by atoms with van der Waals surface area (Å²) in [5.74, 6) is 0.439. The van der Waals surface area contributed by atoms with Crippen LogP contribution in [0.1, 0.15) is 24.7 Å². The molecule has 4 heteroatoms. The smallest absolute Gasteiger partial charge is 0.140 e. The highest BCUT2D eigenvalue weighted by Crippen LogP contribution is 2.33. The Bertz CT molecular complexity index is 278. The molecule has 1 aromatic heterocycles. The third-order valence-electron chi connectivity index (χ3n) is 2.79. The van der Waals surface area contributed by atoms with Crippen LogP contribution < -0.4 is 5.32 Å². The normalized spacial score (nSPS) is 23.3. The molecule has 1 unspecified atom stereocenters. The Hall–Kier alpha value is -0.840. The average Bonchev–Trinajstić information content (AvgIpc) is 2.70. The maximum absolute atomic E-state index is 10.2. The first-order valence-corrected chi connectivity index (χ1v) is 4.87. The Morgan fingerprint density at radius 2 is 2.14 bits per heavy atom. The summed E-state index contributed by atoms with van der Waals surface area (Å²) >= 11 is 0. The van der Waals surface area contributed by atoms with Crippen molar-refractivity contribution >= 4 is 0 Å². The van der Waals surface area contributed by atoms with Crippen molar-refractivity contribution in [3.05, 3.63) is 24.2 Å². The van der Waals surface area contributed by atoms with Crippen LogP contribution in [0.2, 0.25) is 0 Å². The van der Waals surface area contributed by atoms with Crippen molar-refractivity contribution in [2.24, 2.45) is 0 Å². The van der Waals surface area contributed by atoms with Gasteiger partial charge in [-0.1, -0.05) is 0 Å². The third-order valence-corrected chi connectivity index (χ3v) is 2.79. The van der Waals surface area contributed by atoms with E-state index in [1.54, 1.807) is 12.1 Å². The summed E-state index contributed by atoms with van der Waals surface area (Å²) in [5, 5.41) is 23.2. The molecule has 0 bridgehead atoms. The topological polar surface area (TPSA) is 65.6 Å². The molecule has 1 fully saturated rings. The fourth-order valence-corrected chi connectivity index (χ4v) is 1.84. The monoisotopic (exact) mass is 197 g/mol. The molecule has 1 aliphatic heterocycles. The summed E-state index contributed by atoms with van der Waals surface area (Å²) in [5.41, 5.74) is -1.04. The van der Waals surface area contributed by atoms with Gasteiger partial charge in [-0.2, -0.15) is 0 Å². The van der Waals surface area contributed by atoms with E-state index in [4.69, 9.17) is 4.42 Å². The molecule has 4 nitrogen and oxygen atoms in total. The Kier molecular flexibility index (Phi) is 2.58. The maximum atomic E-state index is 10.2. The first kappa shape index (κ1) is 9.71. The van der Waals surface area contributed by atoms with Gasteiger partial charge in [0.05, 0.1) is 6.26 Å². The Morgan fingerprint density at radius 3 is 2.71 bits per heavy atom. The van der Waals surface area contributed by atoms with E-state index in [-0.39, 0.29) is 0 Å². The molecular weight excluding hydrogens is 182 g/mol. The van der Waals surface area contributed by atoms with Crippen molar-refractivity contribution in [3.63, 3.8) is 0 Å². The minimum absolute atomic E-state index is 0.439. The van der Waals surface area contributed by atoms with Gasteiger partial charge in [0.25, 0.3) is 0 Å². The van der Waals surface area contributed by atoms with Gasteiger partial charge in [0, 0.05) is 0 Å². The zero-order valence-electron chi connectivity index (χ0n) is 7.94. The average molecular weight is 197 g/mol. The SMILES string of the molecule is OC(c1ccco1)C1(O)CCNCC1. The lowest BCUT2D eigenvalue weighted by molar-refractivity contribution is -0.103. The highest BCUT2D eigenvalue weighted by atomic mass is 16.4. The van der Waals surface area contributed by atoms with Gasteiger partial charge in [-0.25, -0.2) is 0 Å². The van der Waals surface area contributed by atoms with E-state index in [0.717, 1.165) is 13.1 Å². The predicted octanol–water partition coefficient (Wildman–Crippen LogP) is 0.428. The van der Waals surface area contributed by atoms with Gasteiger partial charge in [-0.3, -0.25) is 0 Å². The molecule has 1 aromatic rings. The van der Waals surface area contributed by atoms with Gasteiger partial charge in [0.1, 0.15) is 17.5 Å². The van der Waals surface area contributed by atoms with Crippen LogP contribution in [0.5, 0.6) is 0 Å². The number of furan rings is 1. The van der Waals surface area contributed by atoms with Crippen molar-refractivity contribution in [3.8, 4) is 0 Å². The maximum Gasteiger partial charge on any atom is 0.140 e. The van der Waals surface area contributed by atoms with E-state index < -0.39 is 11.7 Å². The van der Waals surface area contributed by atoms with E-state index in [1.807, 2.05) is 0 Å². The lowest BCUT2D eigenvalue weighted by Gasteiger charge is -2.35. The molecule has 0 radical (unpaired) electrons. The number of piperidine rings is 1.